The number of nitrogens with one attached hydrogen (secondary N) is 1. The normalized spacial score (nSPS) is 10.8. The first-order chi connectivity index (χ1) is 10.7. The van der Waals surface area contributed by atoms with Gasteiger partial charge < -0.3 is 0 Å². The van der Waals surface area contributed by atoms with Crippen molar-refractivity contribution >= 4 is 34.5 Å². The van der Waals surface area contributed by atoms with E-state index in [-0.39, 0.29) is 5.57 Å². The van der Waals surface area contributed by atoms with Crippen LogP contribution in [-0.4, -0.2) is 16.1 Å². The molecule has 0 aliphatic rings. The van der Waals surface area contributed by atoms with E-state index in [1.54, 1.807) is 6.08 Å². The second kappa shape index (κ2) is 7.29. The predicted octanol–water partition coefficient (Wildman–Crippen LogP) is 3.29. The summed E-state index contributed by atoms with van der Waals surface area (Å²) in [4.78, 5) is 12.1. The van der Waals surface area contributed by atoms with Gasteiger partial charge >= 0.3 is 0 Å². The van der Waals surface area contributed by atoms with Crippen molar-refractivity contribution in [2.45, 2.75) is 13.3 Å². The SMILES string of the molecule is C=Cc1cccc(/C=C(\C#N)C(=O)Nc2nnc(CC)s2)c1. The van der Waals surface area contributed by atoms with Crippen LogP contribution < -0.4 is 5.32 Å². The van der Waals surface area contributed by atoms with Crippen LogP contribution >= 0.6 is 11.3 Å². The second-order valence-corrected chi connectivity index (χ2v) is 5.41. The van der Waals surface area contributed by atoms with Crippen molar-refractivity contribution in [3.63, 3.8) is 0 Å². The van der Waals surface area contributed by atoms with Gasteiger partial charge in [0.15, 0.2) is 0 Å². The zero-order chi connectivity index (χ0) is 15.9. The highest BCUT2D eigenvalue weighted by Crippen LogP contribution is 2.17. The summed E-state index contributed by atoms with van der Waals surface area (Å²) in [7, 11) is 0. The fraction of sp³-hybridized carbons (Fsp3) is 0.125. The number of rotatable bonds is 5. The number of aromatic nitrogens is 2. The maximum absolute atomic E-state index is 12.1. The van der Waals surface area contributed by atoms with E-state index in [1.165, 1.54) is 17.4 Å². The van der Waals surface area contributed by atoms with Crippen LogP contribution in [0, 0.1) is 11.3 Å². The molecule has 5 nitrogen and oxygen atoms in total. The Balaban J connectivity index is 2.19. The summed E-state index contributed by atoms with van der Waals surface area (Å²) in [6.45, 7) is 5.65. The molecule has 2 rings (SSSR count). The molecule has 0 radical (unpaired) electrons. The van der Waals surface area contributed by atoms with Crippen molar-refractivity contribution in [1.29, 1.82) is 5.26 Å². The third-order valence-electron chi connectivity index (χ3n) is 2.81. The van der Waals surface area contributed by atoms with Crippen molar-refractivity contribution in [1.82, 2.24) is 10.2 Å². The Labute approximate surface area is 132 Å². The molecule has 0 spiro atoms. The number of aryl methyl sites for hydroxylation is 1. The van der Waals surface area contributed by atoms with Crippen molar-refractivity contribution in [3.05, 3.63) is 52.6 Å². The Bertz CT molecular complexity index is 770. The number of hydrogen-bond donors (Lipinski definition) is 1. The summed E-state index contributed by atoms with van der Waals surface area (Å²) in [5.74, 6) is -0.495. The zero-order valence-electron chi connectivity index (χ0n) is 12.0. The number of nitrogens with zero attached hydrogens (tertiary/aromatic N) is 3. The second-order valence-electron chi connectivity index (χ2n) is 4.35. The number of nitriles is 1. The monoisotopic (exact) mass is 310 g/mol. The fourth-order valence-electron chi connectivity index (χ4n) is 1.70. The Kier molecular flexibility index (Phi) is 5.17. The van der Waals surface area contributed by atoms with E-state index in [9.17, 15) is 10.1 Å². The number of benzene rings is 1. The lowest BCUT2D eigenvalue weighted by molar-refractivity contribution is -0.112. The standard InChI is InChI=1S/C16H14N4OS/c1-3-11-6-5-7-12(8-11)9-13(10-17)15(21)18-16-20-19-14(4-2)22-16/h3,5-9H,1,4H2,2H3,(H,18,20,21)/b13-9+. The summed E-state index contributed by atoms with van der Waals surface area (Å²) in [5.41, 5.74) is 1.69. The molecule has 6 heteroatoms. The van der Waals surface area contributed by atoms with E-state index in [1.807, 2.05) is 37.3 Å². The Morgan fingerprint density at radius 1 is 1.45 bits per heavy atom. The number of anilines is 1. The van der Waals surface area contributed by atoms with E-state index in [2.05, 4.69) is 22.1 Å². The zero-order valence-corrected chi connectivity index (χ0v) is 12.9. The van der Waals surface area contributed by atoms with Crippen molar-refractivity contribution < 1.29 is 4.79 Å². The molecule has 0 bridgehead atoms. The first-order valence-corrected chi connectivity index (χ1v) is 7.46. The quantitative estimate of drug-likeness (QED) is 0.679. The maximum atomic E-state index is 12.1. The van der Waals surface area contributed by atoms with Gasteiger partial charge in [0, 0.05) is 0 Å². The molecule has 1 aromatic carbocycles. The number of amides is 1. The van der Waals surface area contributed by atoms with Crippen LogP contribution in [-0.2, 0) is 11.2 Å². The lowest BCUT2D eigenvalue weighted by atomic mass is 10.1. The minimum absolute atomic E-state index is 0.00876. The van der Waals surface area contributed by atoms with Gasteiger partial charge in [-0.1, -0.05) is 49.1 Å². The molecule has 1 N–H and O–H groups in total. The Hall–Kier alpha value is -2.78. The Morgan fingerprint density at radius 2 is 2.23 bits per heavy atom. The van der Waals surface area contributed by atoms with E-state index >= 15 is 0 Å². The average Bonchev–Trinajstić information content (AvgIpc) is 3.00. The molecule has 0 atom stereocenters. The molecule has 0 fully saturated rings. The third kappa shape index (κ3) is 3.87. The maximum Gasteiger partial charge on any atom is 0.268 e. The van der Waals surface area contributed by atoms with Crippen molar-refractivity contribution in [3.8, 4) is 6.07 Å². The van der Waals surface area contributed by atoms with Crippen LogP contribution in [0.1, 0.15) is 23.1 Å². The minimum Gasteiger partial charge on any atom is -0.296 e. The van der Waals surface area contributed by atoms with Crippen LogP contribution in [0.25, 0.3) is 12.2 Å². The summed E-state index contributed by atoms with van der Waals surface area (Å²) in [5, 5.41) is 20.8. The minimum atomic E-state index is -0.495. The van der Waals surface area contributed by atoms with Gasteiger partial charge in [0.25, 0.3) is 5.91 Å². The first kappa shape index (κ1) is 15.6. The molecule has 1 amide bonds. The molecule has 110 valence electrons. The molecule has 0 aliphatic carbocycles. The Morgan fingerprint density at radius 3 is 2.86 bits per heavy atom. The molecule has 0 saturated heterocycles. The highest BCUT2D eigenvalue weighted by Gasteiger charge is 2.12. The summed E-state index contributed by atoms with van der Waals surface area (Å²) < 4.78 is 0. The van der Waals surface area contributed by atoms with Gasteiger partial charge in [0.2, 0.25) is 5.13 Å². The molecule has 0 saturated carbocycles. The van der Waals surface area contributed by atoms with E-state index in [4.69, 9.17) is 0 Å². The van der Waals surface area contributed by atoms with Crippen LogP contribution in [0.4, 0.5) is 5.13 Å². The van der Waals surface area contributed by atoms with Crippen molar-refractivity contribution in [2.24, 2.45) is 0 Å². The summed E-state index contributed by atoms with van der Waals surface area (Å²) in [6.07, 6.45) is 3.99. The number of carbonyl (C=O) groups excluding carboxylic acids is 1. The molecule has 1 aromatic heterocycles. The van der Waals surface area contributed by atoms with Gasteiger partial charge in [-0.3, -0.25) is 10.1 Å². The smallest absolute Gasteiger partial charge is 0.268 e. The van der Waals surface area contributed by atoms with Gasteiger partial charge in [0.05, 0.1) is 0 Å². The van der Waals surface area contributed by atoms with E-state index in [0.717, 1.165) is 22.6 Å². The molecule has 0 unspecified atom stereocenters. The molecule has 0 aliphatic heterocycles. The summed E-state index contributed by atoms with van der Waals surface area (Å²) in [6, 6.07) is 9.30. The van der Waals surface area contributed by atoms with Crippen LogP contribution in [0.3, 0.4) is 0 Å². The lowest BCUT2D eigenvalue weighted by Gasteiger charge is -2.00. The largest absolute Gasteiger partial charge is 0.296 e. The highest BCUT2D eigenvalue weighted by atomic mass is 32.1. The van der Waals surface area contributed by atoms with Gasteiger partial charge in [-0.05, 0) is 29.7 Å². The topological polar surface area (TPSA) is 78.7 Å². The summed E-state index contributed by atoms with van der Waals surface area (Å²) >= 11 is 1.30. The molecular weight excluding hydrogens is 296 g/mol. The van der Waals surface area contributed by atoms with Crippen molar-refractivity contribution in [2.75, 3.05) is 5.32 Å². The first-order valence-electron chi connectivity index (χ1n) is 6.64. The number of hydrogen-bond acceptors (Lipinski definition) is 5. The van der Waals surface area contributed by atoms with Gasteiger partial charge in [-0.15, -0.1) is 10.2 Å². The van der Waals surface area contributed by atoms with Gasteiger partial charge in [0.1, 0.15) is 16.6 Å². The van der Waals surface area contributed by atoms with Crippen LogP contribution in [0.2, 0.25) is 0 Å². The lowest BCUT2D eigenvalue weighted by Crippen LogP contribution is -2.13. The van der Waals surface area contributed by atoms with Gasteiger partial charge in [-0.2, -0.15) is 5.26 Å². The highest BCUT2D eigenvalue weighted by molar-refractivity contribution is 7.15. The molecule has 22 heavy (non-hydrogen) atoms. The van der Waals surface area contributed by atoms with E-state index in [0.29, 0.717) is 5.13 Å². The van der Waals surface area contributed by atoms with Gasteiger partial charge in [-0.25, -0.2) is 0 Å². The molecule has 1 heterocycles. The fourth-order valence-corrected chi connectivity index (χ4v) is 2.38. The third-order valence-corrected chi connectivity index (χ3v) is 3.80. The number of carbonyl (C=O) groups is 1. The average molecular weight is 310 g/mol. The van der Waals surface area contributed by atoms with E-state index < -0.39 is 5.91 Å². The van der Waals surface area contributed by atoms with Crippen LogP contribution in [0.15, 0.2) is 36.4 Å². The molecular formula is C16H14N4OS. The molecule has 2 aromatic rings. The van der Waals surface area contributed by atoms with Crippen LogP contribution in [0.5, 0.6) is 0 Å². The predicted molar refractivity (Wildman–Crippen MR) is 88.0 cm³/mol.